The Labute approximate surface area is 137 Å². The van der Waals surface area contributed by atoms with Crippen molar-refractivity contribution in [1.82, 2.24) is 15.3 Å². The van der Waals surface area contributed by atoms with Gasteiger partial charge >= 0.3 is 0 Å². The molecule has 1 amide bonds. The molecule has 0 aliphatic carbocycles. The molecule has 1 aromatic carbocycles. The van der Waals surface area contributed by atoms with E-state index >= 15 is 0 Å². The first-order chi connectivity index (χ1) is 11.2. The minimum atomic E-state index is -0.170. The van der Waals surface area contributed by atoms with Gasteiger partial charge in [-0.2, -0.15) is 0 Å². The van der Waals surface area contributed by atoms with Crippen LogP contribution >= 0.6 is 0 Å². The Morgan fingerprint density at radius 2 is 2.04 bits per heavy atom. The van der Waals surface area contributed by atoms with E-state index in [9.17, 15) is 4.79 Å². The highest BCUT2D eigenvalue weighted by Crippen LogP contribution is 2.23. The van der Waals surface area contributed by atoms with Crippen LogP contribution in [-0.2, 0) is 0 Å². The number of carbonyl (C=O) groups excluding carboxylic acids is 1. The second-order valence-corrected chi connectivity index (χ2v) is 5.45. The molecule has 0 fully saturated rings. The van der Waals surface area contributed by atoms with Crippen molar-refractivity contribution in [1.29, 1.82) is 0 Å². The summed E-state index contributed by atoms with van der Waals surface area (Å²) in [5, 5.41) is 2.85. The highest BCUT2D eigenvalue weighted by atomic mass is 16.1. The van der Waals surface area contributed by atoms with Gasteiger partial charge in [-0.15, -0.1) is 0 Å². The topological polar surface area (TPSA) is 58.1 Å². The van der Waals surface area contributed by atoms with E-state index in [2.05, 4.69) is 53.1 Å². The van der Waals surface area contributed by atoms with Crippen molar-refractivity contribution in [3.63, 3.8) is 0 Å². The molecule has 1 N–H and O–H groups in total. The van der Waals surface area contributed by atoms with Gasteiger partial charge in [0.1, 0.15) is 5.69 Å². The van der Waals surface area contributed by atoms with Crippen molar-refractivity contribution in [2.24, 2.45) is 0 Å². The lowest BCUT2D eigenvalue weighted by molar-refractivity contribution is 0.0948. The van der Waals surface area contributed by atoms with Crippen molar-refractivity contribution in [3.05, 3.63) is 47.9 Å². The first kappa shape index (κ1) is 16.9. The normalized spacial score (nSPS) is 10.4. The first-order valence-electron chi connectivity index (χ1n) is 8.10. The molecule has 0 saturated heterocycles. The minimum absolute atomic E-state index is 0.170. The number of hydrogen-bond acceptors (Lipinski definition) is 4. The van der Waals surface area contributed by atoms with Crippen molar-refractivity contribution in [2.75, 3.05) is 18.0 Å². The molecule has 0 bridgehead atoms. The van der Waals surface area contributed by atoms with Crippen LogP contribution in [0.15, 0.2) is 36.7 Å². The molecule has 0 spiro atoms. The minimum Gasteiger partial charge on any atom is -0.351 e. The monoisotopic (exact) mass is 312 g/mol. The molecule has 0 aliphatic rings. The summed E-state index contributed by atoms with van der Waals surface area (Å²) in [4.78, 5) is 22.7. The van der Waals surface area contributed by atoms with Crippen LogP contribution in [0, 0.1) is 6.92 Å². The Kier molecular flexibility index (Phi) is 6.09. The molecule has 1 heterocycles. The fourth-order valence-corrected chi connectivity index (χ4v) is 2.32. The van der Waals surface area contributed by atoms with E-state index in [4.69, 9.17) is 0 Å². The largest absolute Gasteiger partial charge is 0.351 e. The average Bonchev–Trinajstić information content (AvgIpc) is 2.56. The molecule has 1 aromatic heterocycles. The van der Waals surface area contributed by atoms with Crippen LogP contribution in [0.2, 0.25) is 0 Å². The molecule has 5 heteroatoms. The second kappa shape index (κ2) is 8.27. The Hall–Kier alpha value is -2.43. The zero-order valence-electron chi connectivity index (χ0n) is 14.0. The van der Waals surface area contributed by atoms with Gasteiger partial charge in [-0.3, -0.25) is 4.79 Å². The van der Waals surface area contributed by atoms with Crippen LogP contribution in [0.5, 0.6) is 0 Å². The van der Waals surface area contributed by atoms with E-state index in [1.165, 1.54) is 11.8 Å². The van der Waals surface area contributed by atoms with E-state index in [0.29, 0.717) is 12.2 Å². The van der Waals surface area contributed by atoms with Crippen LogP contribution in [0.1, 0.15) is 42.7 Å². The van der Waals surface area contributed by atoms with E-state index in [0.717, 1.165) is 30.9 Å². The lowest BCUT2D eigenvalue weighted by Gasteiger charge is -2.22. The molecule has 0 unspecified atom stereocenters. The van der Waals surface area contributed by atoms with Crippen molar-refractivity contribution in [3.8, 4) is 0 Å². The van der Waals surface area contributed by atoms with Gasteiger partial charge in [-0.1, -0.05) is 25.5 Å². The summed E-state index contributed by atoms with van der Waals surface area (Å²) in [6.45, 7) is 7.66. The smallest absolute Gasteiger partial charge is 0.271 e. The van der Waals surface area contributed by atoms with Gasteiger partial charge in [-0.05, 0) is 38.0 Å². The third-order valence-electron chi connectivity index (χ3n) is 3.59. The Bertz CT molecular complexity index is 640. The molecule has 0 radical (unpaired) electrons. The van der Waals surface area contributed by atoms with Crippen LogP contribution in [0.3, 0.4) is 0 Å². The predicted molar refractivity (Wildman–Crippen MR) is 93.1 cm³/mol. The van der Waals surface area contributed by atoms with Crippen molar-refractivity contribution < 1.29 is 4.79 Å². The van der Waals surface area contributed by atoms with Crippen molar-refractivity contribution >= 4 is 17.4 Å². The summed E-state index contributed by atoms with van der Waals surface area (Å²) in [5.41, 5.74) is 2.62. The third kappa shape index (κ3) is 4.52. The van der Waals surface area contributed by atoms with Gasteiger partial charge in [0.2, 0.25) is 0 Å². The number of amides is 1. The number of nitrogens with zero attached hydrogens (tertiary/aromatic N) is 3. The molecule has 0 saturated carbocycles. The van der Waals surface area contributed by atoms with Gasteiger partial charge < -0.3 is 10.2 Å². The number of carbonyl (C=O) groups is 1. The van der Waals surface area contributed by atoms with Crippen molar-refractivity contribution in [2.45, 2.75) is 33.6 Å². The lowest BCUT2D eigenvalue weighted by atomic mass is 10.2. The average molecular weight is 312 g/mol. The summed E-state index contributed by atoms with van der Waals surface area (Å²) in [7, 11) is 0. The van der Waals surface area contributed by atoms with E-state index < -0.39 is 0 Å². The maximum atomic E-state index is 12.0. The maximum absolute atomic E-state index is 12.0. The summed E-state index contributed by atoms with van der Waals surface area (Å²) in [6.07, 6.45) is 5.21. The molecule has 5 nitrogen and oxygen atoms in total. The number of benzene rings is 1. The molecule has 2 aromatic rings. The summed E-state index contributed by atoms with van der Waals surface area (Å²) in [5.74, 6) is 0.569. The zero-order valence-corrected chi connectivity index (χ0v) is 14.0. The Balaban J connectivity index is 2.12. The van der Waals surface area contributed by atoms with E-state index in [-0.39, 0.29) is 5.91 Å². The van der Waals surface area contributed by atoms with Crippen LogP contribution in [-0.4, -0.2) is 29.0 Å². The quantitative estimate of drug-likeness (QED) is 0.795. The van der Waals surface area contributed by atoms with Gasteiger partial charge in [-0.25, -0.2) is 9.97 Å². The number of aromatic nitrogens is 2. The van der Waals surface area contributed by atoms with Crippen LogP contribution in [0.25, 0.3) is 0 Å². The summed E-state index contributed by atoms with van der Waals surface area (Å²) in [6, 6.07) is 8.24. The number of aryl methyl sites for hydroxylation is 1. The fraction of sp³-hybridized carbons (Fsp3) is 0.389. The van der Waals surface area contributed by atoms with Gasteiger partial charge in [0.05, 0.1) is 12.4 Å². The lowest BCUT2D eigenvalue weighted by Crippen LogP contribution is -2.26. The fourth-order valence-electron chi connectivity index (χ4n) is 2.32. The summed E-state index contributed by atoms with van der Waals surface area (Å²) < 4.78 is 0. The zero-order chi connectivity index (χ0) is 16.7. The van der Waals surface area contributed by atoms with Gasteiger partial charge in [0.15, 0.2) is 5.82 Å². The van der Waals surface area contributed by atoms with Crippen LogP contribution < -0.4 is 10.2 Å². The van der Waals surface area contributed by atoms with Gasteiger partial charge in [0.25, 0.3) is 5.91 Å². The Morgan fingerprint density at radius 3 is 2.65 bits per heavy atom. The van der Waals surface area contributed by atoms with Gasteiger partial charge in [0, 0.05) is 18.8 Å². The third-order valence-corrected chi connectivity index (χ3v) is 3.59. The van der Waals surface area contributed by atoms with E-state index in [1.54, 1.807) is 6.20 Å². The maximum Gasteiger partial charge on any atom is 0.271 e. The molecular weight excluding hydrogens is 288 g/mol. The molecule has 23 heavy (non-hydrogen) atoms. The number of hydrogen-bond donors (Lipinski definition) is 1. The number of anilines is 2. The predicted octanol–water partition coefficient (Wildman–Crippen LogP) is 3.47. The molecule has 0 aliphatic heterocycles. The molecule has 2 rings (SSSR count). The first-order valence-corrected chi connectivity index (χ1v) is 8.10. The number of unbranched alkanes of at least 4 members (excludes halogenated alkanes) is 1. The SMILES string of the molecule is CCCCNC(=O)c1cnc(N(CC)c2cccc(C)c2)cn1. The summed E-state index contributed by atoms with van der Waals surface area (Å²) >= 11 is 0. The molecule has 0 atom stereocenters. The second-order valence-electron chi connectivity index (χ2n) is 5.45. The number of rotatable bonds is 7. The standard InChI is InChI=1S/C18H24N4O/c1-4-6-10-19-18(23)16-12-21-17(13-20-16)22(5-2)15-9-7-8-14(3)11-15/h7-9,11-13H,4-6,10H2,1-3H3,(H,19,23). The molecule has 122 valence electrons. The van der Waals surface area contributed by atoms with E-state index in [1.807, 2.05) is 12.1 Å². The Morgan fingerprint density at radius 1 is 1.22 bits per heavy atom. The highest BCUT2D eigenvalue weighted by molar-refractivity contribution is 5.92. The highest BCUT2D eigenvalue weighted by Gasteiger charge is 2.12. The number of nitrogens with one attached hydrogen (secondary N) is 1. The van der Waals surface area contributed by atoms with Crippen LogP contribution in [0.4, 0.5) is 11.5 Å². The molecular formula is C18H24N4O.